The van der Waals surface area contributed by atoms with Crippen molar-refractivity contribution < 1.29 is 9.34 Å². The fourth-order valence-corrected chi connectivity index (χ4v) is 2.48. The molecular formula is C19H17N3O3. The molecule has 0 aliphatic carbocycles. The minimum absolute atomic E-state index is 0.0508. The van der Waals surface area contributed by atoms with Gasteiger partial charge in [0, 0.05) is 17.7 Å². The molecule has 0 saturated carbocycles. The van der Waals surface area contributed by atoms with Crippen molar-refractivity contribution in [2.24, 2.45) is 5.10 Å². The number of non-ortho nitro benzene ring substituents is 1. The van der Waals surface area contributed by atoms with E-state index in [9.17, 15) is 10.1 Å². The largest absolute Gasteiger partial charge is 0.455 e. The van der Waals surface area contributed by atoms with E-state index < -0.39 is 4.92 Å². The van der Waals surface area contributed by atoms with Crippen molar-refractivity contribution in [2.45, 2.75) is 13.8 Å². The molecule has 0 atom stereocenters. The van der Waals surface area contributed by atoms with Crippen molar-refractivity contribution in [3.63, 3.8) is 0 Å². The molecule has 1 N–H and O–H groups in total. The van der Waals surface area contributed by atoms with Crippen molar-refractivity contribution >= 4 is 17.6 Å². The fraction of sp³-hybridized carbons (Fsp3) is 0.105. The number of nitrogens with one attached hydrogen (secondary N) is 1. The Morgan fingerprint density at radius 3 is 2.36 bits per heavy atom. The Morgan fingerprint density at radius 2 is 1.72 bits per heavy atom. The molecule has 2 aromatic carbocycles. The van der Waals surface area contributed by atoms with Crippen LogP contribution in [0.1, 0.15) is 16.9 Å². The third-order valence-electron chi connectivity index (χ3n) is 3.84. The van der Waals surface area contributed by atoms with E-state index in [0.29, 0.717) is 11.5 Å². The smallest absolute Gasteiger partial charge is 0.269 e. The standard InChI is InChI=1S/C19H17N3O3/c1-13-4-3-5-14(2)19(13)21-20-12-17-10-11-18(25-17)15-6-8-16(9-7-15)22(23)24/h3-12,21H,1-2H3/b20-12+. The monoisotopic (exact) mass is 335 g/mol. The SMILES string of the molecule is Cc1cccc(C)c1N/N=C/c1ccc(-c2ccc([N+](=O)[O-])cc2)o1. The van der Waals surface area contributed by atoms with E-state index in [1.165, 1.54) is 12.1 Å². The van der Waals surface area contributed by atoms with E-state index in [4.69, 9.17) is 4.42 Å². The van der Waals surface area contributed by atoms with Crippen LogP contribution in [0.15, 0.2) is 64.1 Å². The second-order valence-electron chi connectivity index (χ2n) is 5.64. The molecule has 0 fully saturated rings. The number of hydrogen-bond acceptors (Lipinski definition) is 5. The van der Waals surface area contributed by atoms with Crippen molar-refractivity contribution in [1.82, 2.24) is 0 Å². The van der Waals surface area contributed by atoms with Gasteiger partial charge in [0.15, 0.2) is 0 Å². The lowest BCUT2D eigenvalue weighted by Gasteiger charge is -2.07. The van der Waals surface area contributed by atoms with Crippen LogP contribution in [0, 0.1) is 24.0 Å². The summed E-state index contributed by atoms with van der Waals surface area (Å²) in [6.45, 7) is 4.04. The highest BCUT2D eigenvalue weighted by molar-refractivity contribution is 5.78. The molecule has 6 heteroatoms. The first-order valence-corrected chi connectivity index (χ1v) is 7.74. The van der Waals surface area contributed by atoms with Crippen LogP contribution in [-0.2, 0) is 0 Å². The molecule has 1 aromatic heterocycles. The summed E-state index contributed by atoms with van der Waals surface area (Å²) in [4.78, 5) is 10.3. The number of nitrogens with zero attached hydrogens (tertiary/aromatic N) is 2. The topological polar surface area (TPSA) is 80.7 Å². The Kier molecular flexibility index (Phi) is 4.61. The van der Waals surface area contributed by atoms with Gasteiger partial charge in [-0.15, -0.1) is 0 Å². The summed E-state index contributed by atoms with van der Waals surface area (Å²) >= 11 is 0. The van der Waals surface area contributed by atoms with Gasteiger partial charge in [-0.25, -0.2) is 0 Å². The molecule has 0 aliphatic rings. The van der Waals surface area contributed by atoms with Gasteiger partial charge in [0.1, 0.15) is 11.5 Å². The van der Waals surface area contributed by atoms with Gasteiger partial charge in [-0.3, -0.25) is 15.5 Å². The molecule has 0 bridgehead atoms. The van der Waals surface area contributed by atoms with Crippen LogP contribution in [0.2, 0.25) is 0 Å². The zero-order valence-electron chi connectivity index (χ0n) is 13.9. The zero-order chi connectivity index (χ0) is 17.8. The van der Waals surface area contributed by atoms with E-state index in [1.807, 2.05) is 38.1 Å². The Morgan fingerprint density at radius 1 is 1.04 bits per heavy atom. The third kappa shape index (κ3) is 3.74. The normalized spacial score (nSPS) is 11.0. The van der Waals surface area contributed by atoms with Crippen LogP contribution in [-0.4, -0.2) is 11.1 Å². The first-order chi connectivity index (χ1) is 12.0. The summed E-state index contributed by atoms with van der Waals surface area (Å²) in [5, 5.41) is 14.9. The summed E-state index contributed by atoms with van der Waals surface area (Å²) in [5.74, 6) is 1.22. The summed E-state index contributed by atoms with van der Waals surface area (Å²) in [6, 6.07) is 15.9. The molecule has 0 spiro atoms. The number of benzene rings is 2. The van der Waals surface area contributed by atoms with E-state index in [2.05, 4.69) is 10.5 Å². The maximum Gasteiger partial charge on any atom is 0.269 e. The van der Waals surface area contributed by atoms with Gasteiger partial charge >= 0.3 is 0 Å². The van der Waals surface area contributed by atoms with Crippen molar-refractivity contribution in [1.29, 1.82) is 0 Å². The van der Waals surface area contributed by atoms with Gasteiger partial charge in [-0.1, -0.05) is 18.2 Å². The minimum atomic E-state index is -0.427. The van der Waals surface area contributed by atoms with Crippen molar-refractivity contribution in [2.75, 3.05) is 5.43 Å². The second-order valence-corrected chi connectivity index (χ2v) is 5.64. The van der Waals surface area contributed by atoms with Crippen LogP contribution >= 0.6 is 0 Å². The Bertz CT molecular complexity index is 907. The second kappa shape index (κ2) is 7.00. The van der Waals surface area contributed by atoms with Crippen LogP contribution in [0.3, 0.4) is 0 Å². The van der Waals surface area contributed by atoms with Gasteiger partial charge in [0.2, 0.25) is 0 Å². The van der Waals surface area contributed by atoms with E-state index in [1.54, 1.807) is 24.4 Å². The highest BCUT2D eigenvalue weighted by atomic mass is 16.6. The van der Waals surface area contributed by atoms with Crippen LogP contribution in [0.4, 0.5) is 11.4 Å². The molecule has 1 heterocycles. The van der Waals surface area contributed by atoms with Crippen LogP contribution in [0.5, 0.6) is 0 Å². The average Bonchev–Trinajstić information content (AvgIpc) is 3.06. The molecule has 3 aromatic rings. The summed E-state index contributed by atoms with van der Waals surface area (Å²) in [6.07, 6.45) is 1.60. The number of aryl methyl sites for hydroxylation is 2. The quantitative estimate of drug-likeness (QED) is 0.408. The summed E-state index contributed by atoms with van der Waals surface area (Å²) in [7, 11) is 0. The number of rotatable bonds is 5. The number of hydrazone groups is 1. The lowest BCUT2D eigenvalue weighted by Crippen LogP contribution is -1.95. The fourth-order valence-electron chi connectivity index (χ4n) is 2.48. The molecule has 0 saturated heterocycles. The number of para-hydroxylation sites is 1. The predicted octanol–water partition coefficient (Wildman–Crippen LogP) is 4.92. The van der Waals surface area contributed by atoms with E-state index >= 15 is 0 Å². The molecule has 6 nitrogen and oxygen atoms in total. The minimum Gasteiger partial charge on any atom is -0.455 e. The Labute approximate surface area is 145 Å². The first-order valence-electron chi connectivity index (χ1n) is 7.74. The van der Waals surface area contributed by atoms with Gasteiger partial charge in [-0.05, 0) is 49.2 Å². The molecular weight excluding hydrogens is 318 g/mol. The molecule has 3 rings (SSSR count). The molecule has 0 amide bonds. The molecule has 0 unspecified atom stereocenters. The third-order valence-corrected chi connectivity index (χ3v) is 3.84. The van der Waals surface area contributed by atoms with Crippen molar-refractivity contribution in [3.05, 3.63) is 81.6 Å². The lowest BCUT2D eigenvalue weighted by molar-refractivity contribution is -0.384. The summed E-state index contributed by atoms with van der Waals surface area (Å²) < 4.78 is 5.71. The lowest BCUT2D eigenvalue weighted by atomic mass is 10.1. The van der Waals surface area contributed by atoms with Gasteiger partial charge in [-0.2, -0.15) is 5.10 Å². The van der Waals surface area contributed by atoms with E-state index in [-0.39, 0.29) is 5.69 Å². The maximum absolute atomic E-state index is 10.7. The number of nitro benzene ring substituents is 1. The van der Waals surface area contributed by atoms with Crippen LogP contribution in [0.25, 0.3) is 11.3 Å². The molecule has 25 heavy (non-hydrogen) atoms. The molecule has 0 radical (unpaired) electrons. The molecule has 0 aliphatic heterocycles. The highest BCUT2D eigenvalue weighted by Crippen LogP contribution is 2.24. The zero-order valence-corrected chi connectivity index (χ0v) is 13.9. The molecule has 126 valence electrons. The average molecular weight is 335 g/mol. The predicted molar refractivity (Wildman–Crippen MR) is 97.9 cm³/mol. The number of anilines is 1. The van der Waals surface area contributed by atoms with Gasteiger partial charge < -0.3 is 4.42 Å². The first kappa shape index (κ1) is 16.4. The van der Waals surface area contributed by atoms with Crippen LogP contribution < -0.4 is 5.43 Å². The van der Waals surface area contributed by atoms with E-state index in [0.717, 1.165) is 22.4 Å². The number of hydrogen-bond donors (Lipinski definition) is 1. The number of nitro groups is 1. The maximum atomic E-state index is 10.7. The van der Waals surface area contributed by atoms with Crippen molar-refractivity contribution in [3.8, 4) is 11.3 Å². The van der Waals surface area contributed by atoms with Gasteiger partial charge in [0.25, 0.3) is 5.69 Å². The highest BCUT2D eigenvalue weighted by Gasteiger charge is 2.08. The Balaban J connectivity index is 1.72. The number of furan rings is 1. The Hall–Kier alpha value is -3.41. The van der Waals surface area contributed by atoms with Gasteiger partial charge in [0.05, 0.1) is 16.8 Å². The summed E-state index contributed by atoms with van der Waals surface area (Å²) in [5.41, 5.74) is 7.06.